The van der Waals surface area contributed by atoms with Crippen molar-refractivity contribution in [1.82, 2.24) is 4.90 Å². The lowest BCUT2D eigenvalue weighted by Crippen LogP contribution is -2.47. The van der Waals surface area contributed by atoms with Crippen LogP contribution in [0.4, 0.5) is 16.2 Å². The number of fused-ring (bicyclic) bond motifs is 1. The minimum absolute atomic E-state index is 0.354. The Morgan fingerprint density at radius 1 is 1.05 bits per heavy atom. The van der Waals surface area contributed by atoms with E-state index in [1.54, 1.807) is 25.7 Å². The molecule has 1 unspecified atom stereocenters. The molecule has 0 spiro atoms. The standard InChI is InChI=1S/C34H47N3O6/c1-22-25-17-18-37(31(38)20-29(32(39)40)36(7)33(41)43-34(2,3)4)27(25)15-16-30(22)42-21-23-13-14-26(28(19-23)35(5)6)24-11-9-8-10-12-24/h13-16,19,24,29H,8-12,17-18,20-21H2,1-7H3,(H,39,40). The Morgan fingerprint density at radius 2 is 1.74 bits per heavy atom. The molecule has 1 aliphatic carbocycles. The number of carbonyl (C=O) groups is 3. The van der Waals surface area contributed by atoms with Gasteiger partial charge < -0.3 is 24.4 Å². The summed E-state index contributed by atoms with van der Waals surface area (Å²) in [6.45, 7) is 7.99. The Morgan fingerprint density at radius 3 is 2.37 bits per heavy atom. The number of benzene rings is 2. The second-order valence-electron chi connectivity index (χ2n) is 13.0. The second-order valence-corrected chi connectivity index (χ2v) is 13.0. The molecule has 1 fully saturated rings. The lowest BCUT2D eigenvalue weighted by molar-refractivity contribution is -0.144. The van der Waals surface area contributed by atoms with Crippen molar-refractivity contribution in [2.45, 2.75) is 96.8 Å². The minimum atomic E-state index is -1.34. The first-order valence-electron chi connectivity index (χ1n) is 15.3. The van der Waals surface area contributed by atoms with Gasteiger partial charge in [-0.05, 0) is 93.3 Å². The van der Waals surface area contributed by atoms with E-state index in [1.807, 2.05) is 19.1 Å². The van der Waals surface area contributed by atoms with Gasteiger partial charge in [0, 0.05) is 39.1 Å². The maximum Gasteiger partial charge on any atom is 0.410 e. The number of rotatable bonds is 9. The second kappa shape index (κ2) is 13.3. The summed E-state index contributed by atoms with van der Waals surface area (Å²) in [4.78, 5) is 42.6. The highest BCUT2D eigenvalue weighted by molar-refractivity contribution is 5.98. The van der Waals surface area contributed by atoms with Crippen LogP contribution in [0, 0.1) is 6.92 Å². The van der Waals surface area contributed by atoms with Gasteiger partial charge in [-0.15, -0.1) is 0 Å². The number of hydrogen-bond donors (Lipinski definition) is 1. The maximum atomic E-state index is 13.3. The maximum absolute atomic E-state index is 13.3. The van der Waals surface area contributed by atoms with Gasteiger partial charge in [0.25, 0.3) is 0 Å². The normalized spacial score (nSPS) is 15.9. The molecule has 0 radical (unpaired) electrons. The fourth-order valence-electron chi connectivity index (χ4n) is 6.16. The van der Waals surface area contributed by atoms with Crippen molar-refractivity contribution < 1.29 is 29.0 Å². The van der Waals surface area contributed by atoms with E-state index < -0.39 is 23.7 Å². The fourth-order valence-corrected chi connectivity index (χ4v) is 6.16. The largest absolute Gasteiger partial charge is 0.489 e. The molecule has 1 saturated carbocycles. The van der Waals surface area contributed by atoms with Gasteiger partial charge in [0.15, 0.2) is 0 Å². The summed E-state index contributed by atoms with van der Waals surface area (Å²) >= 11 is 0. The molecule has 1 heterocycles. The molecule has 234 valence electrons. The molecular formula is C34H47N3O6. The number of carboxylic acids is 1. The van der Waals surface area contributed by atoms with Crippen molar-refractivity contribution in [2.24, 2.45) is 0 Å². The van der Waals surface area contributed by atoms with Crippen LogP contribution in [0.1, 0.15) is 87.5 Å². The van der Waals surface area contributed by atoms with Crippen LogP contribution >= 0.6 is 0 Å². The number of anilines is 2. The SMILES string of the molecule is Cc1c(OCc2ccc(C3CCCCC3)c(N(C)C)c2)ccc2c1CCN2C(=O)CC(C(=O)O)N(C)C(=O)OC(C)(C)C. The Balaban J connectivity index is 1.44. The molecule has 0 saturated heterocycles. The molecule has 2 amide bonds. The third kappa shape index (κ3) is 7.61. The van der Waals surface area contributed by atoms with Crippen LogP contribution in [0.3, 0.4) is 0 Å². The summed E-state index contributed by atoms with van der Waals surface area (Å²) in [7, 11) is 5.54. The monoisotopic (exact) mass is 593 g/mol. The highest BCUT2D eigenvalue weighted by Crippen LogP contribution is 2.39. The lowest BCUT2D eigenvalue weighted by Gasteiger charge is -2.29. The molecule has 1 aliphatic heterocycles. The zero-order valence-electron chi connectivity index (χ0n) is 26.7. The van der Waals surface area contributed by atoms with Crippen LogP contribution in [0.15, 0.2) is 30.3 Å². The zero-order valence-corrected chi connectivity index (χ0v) is 26.7. The van der Waals surface area contributed by atoms with Crippen molar-refractivity contribution in [3.8, 4) is 5.75 Å². The van der Waals surface area contributed by atoms with Crippen LogP contribution in [0.25, 0.3) is 0 Å². The van der Waals surface area contributed by atoms with Gasteiger partial charge >= 0.3 is 12.1 Å². The van der Waals surface area contributed by atoms with Crippen LogP contribution in [-0.4, -0.2) is 67.3 Å². The first kappa shape index (κ1) is 32.2. The third-order valence-corrected chi connectivity index (χ3v) is 8.52. The van der Waals surface area contributed by atoms with E-state index in [-0.39, 0.29) is 12.3 Å². The zero-order chi connectivity index (χ0) is 31.5. The van der Waals surface area contributed by atoms with E-state index in [0.717, 1.165) is 33.0 Å². The van der Waals surface area contributed by atoms with Crippen LogP contribution in [0.5, 0.6) is 5.75 Å². The summed E-state index contributed by atoms with van der Waals surface area (Å²) < 4.78 is 11.6. The first-order valence-corrected chi connectivity index (χ1v) is 15.3. The number of nitrogens with zero attached hydrogens (tertiary/aromatic N) is 3. The molecule has 2 aromatic carbocycles. The van der Waals surface area contributed by atoms with Crippen molar-refractivity contribution in [3.05, 3.63) is 52.6 Å². The van der Waals surface area contributed by atoms with Gasteiger partial charge in [-0.25, -0.2) is 9.59 Å². The van der Waals surface area contributed by atoms with Gasteiger partial charge in [-0.2, -0.15) is 0 Å². The van der Waals surface area contributed by atoms with Crippen molar-refractivity contribution in [2.75, 3.05) is 37.5 Å². The van der Waals surface area contributed by atoms with Gasteiger partial charge in [-0.1, -0.05) is 31.4 Å². The first-order chi connectivity index (χ1) is 20.3. The number of hydrogen-bond acceptors (Lipinski definition) is 6. The number of likely N-dealkylation sites (N-methyl/N-ethyl adjacent to an activating group) is 1. The summed E-state index contributed by atoms with van der Waals surface area (Å²) in [5.74, 6) is -0.229. The number of carboxylic acid groups (broad SMARTS) is 1. The fraction of sp³-hybridized carbons (Fsp3) is 0.559. The lowest BCUT2D eigenvalue weighted by atomic mass is 9.83. The minimum Gasteiger partial charge on any atom is -0.489 e. The van der Waals surface area contributed by atoms with Crippen LogP contribution < -0.4 is 14.5 Å². The molecule has 9 heteroatoms. The van der Waals surface area contributed by atoms with E-state index >= 15 is 0 Å². The molecule has 43 heavy (non-hydrogen) atoms. The van der Waals surface area contributed by atoms with Crippen molar-refractivity contribution in [3.63, 3.8) is 0 Å². The van der Waals surface area contributed by atoms with Crippen molar-refractivity contribution in [1.29, 1.82) is 0 Å². The topological polar surface area (TPSA) is 99.6 Å². The van der Waals surface area contributed by atoms with Gasteiger partial charge in [0.2, 0.25) is 5.91 Å². The van der Waals surface area contributed by atoms with E-state index in [4.69, 9.17) is 9.47 Å². The summed E-state index contributed by atoms with van der Waals surface area (Å²) in [6.07, 6.45) is 5.94. The Kier molecular flexibility index (Phi) is 9.93. The molecule has 1 N–H and O–H groups in total. The smallest absolute Gasteiger partial charge is 0.410 e. The Hall–Kier alpha value is -3.75. The number of ether oxygens (including phenoxy) is 2. The highest BCUT2D eigenvalue weighted by atomic mass is 16.6. The van der Waals surface area contributed by atoms with E-state index in [9.17, 15) is 19.5 Å². The van der Waals surface area contributed by atoms with Crippen LogP contribution in [-0.2, 0) is 27.4 Å². The van der Waals surface area contributed by atoms with E-state index in [1.165, 1.54) is 50.4 Å². The molecule has 2 aromatic rings. The predicted octanol–water partition coefficient (Wildman–Crippen LogP) is 6.29. The van der Waals surface area contributed by atoms with Crippen molar-refractivity contribution >= 4 is 29.3 Å². The molecule has 4 rings (SSSR count). The number of amides is 2. The Bertz CT molecular complexity index is 1340. The van der Waals surface area contributed by atoms with Gasteiger partial charge in [0.1, 0.15) is 24.0 Å². The van der Waals surface area contributed by atoms with E-state index in [0.29, 0.717) is 25.5 Å². The molecule has 1 atom stereocenters. The van der Waals surface area contributed by atoms with Gasteiger partial charge in [0.05, 0.1) is 6.42 Å². The van der Waals surface area contributed by atoms with Gasteiger partial charge in [-0.3, -0.25) is 9.69 Å². The average molecular weight is 594 g/mol. The highest BCUT2D eigenvalue weighted by Gasteiger charge is 2.35. The molecule has 0 bridgehead atoms. The summed E-state index contributed by atoms with van der Waals surface area (Å²) in [6, 6.07) is 9.09. The van der Waals surface area contributed by atoms with Crippen LogP contribution in [0.2, 0.25) is 0 Å². The molecule has 9 nitrogen and oxygen atoms in total. The molecular weight excluding hydrogens is 546 g/mol. The third-order valence-electron chi connectivity index (χ3n) is 8.52. The molecule has 0 aromatic heterocycles. The quantitative estimate of drug-likeness (QED) is 0.365. The number of carbonyl (C=O) groups excluding carboxylic acids is 2. The number of aliphatic carboxylic acids is 1. The van der Waals surface area contributed by atoms with E-state index in [2.05, 4.69) is 37.2 Å². The molecule has 2 aliphatic rings. The predicted molar refractivity (Wildman–Crippen MR) is 168 cm³/mol. The summed E-state index contributed by atoms with van der Waals surface area (Å²) in [5.41, 5.74) is 5.75. The summed E-state index contributed by atoms with van der Waals surface area (Å²) in [5, 5.41) is 9.80. The Labute approximate surface area is 255 Å². The average Bonchev–Trinajstić information content (AvgIpc) is 3.39.